The standard InChI is InChI=1S/C57H33N3OS2/c1-2-12-34(13-3-1)35-24-26-36(27-25-35)55-58-56(60-57(59-55)44-16-5-4-14-39(44)37-28-30-41-40-15-6-8-20-47(40)61-48(41)32-37)38-29-31-46-52(33-38)63-51-23-11-19-43(54(46)51)42-18-10-22-50-53(42)45-17-7-9-21-49(45)62-50/h1-33H/i11D,19D,23D,29D,31D,33D. The van der Waals surface area contributed by atoms with Crippen LogP contribution in [0.15, 0.2) is 204 Å². The molecule has 0 spiro atoms. The van der Waals surface area contributed by atoms with Crippen LogP contribution in [-0.4, -0.2) is 15.0 Å². The van der Waals surface area contributed by atoms with Crippen LogP contribution in [-0.2, 0) is 0 Å². The van der Waals surface area contributed by atoms with Crippen molar-refractivity contribution in [1.29, 1.82) is 0 Å². The molecule has 0 aliphatic heterocycles. The van der Waals surface area contributed by atoms with Crippen LogP contribution in [0.1, 0.15) is 8.22 Å². The molecule has 0 unspecified atom stereocenters. The summed E-state index contributed by atoms with van der Waals surface area (Å²) in [6, 6.07) is 52.8. The van der Waals surface area contributed by atoms with Gasteiger partial charge in [0.1, 0.15) is 11.2 Å². The Hall–Kier alpha value is -7.77. The number of hydrogen-bond donors (Lipinski definition) is 0. The number of rotatable bonds is 6. The van der Waals surface area contributed by atoms with E-state index in [0.29, 0.717) is 54.1 Å². The number of fused-ring (bicyclic) bond motifs is 9. The molecule has 0 saturated heterocycles. The lowest BCUT2D eigenvalue weighted by molar-refractivity contribution is 0.669. The zero-order valence-corrected chi connectivity index (χ0v) is 34.8. The molecule has 9 aromatic carbocycles. The Balaban J connectivity index is 1.05. The van der Waals surface area contributed by atoms with Gasteiger partial charge in [-0.3, -0.25) is 0 Å². The first-order valence-corrected chi connectivity index (χ1v) is 22.1. The highest BCUT2D eigenvalue weighted by Crippen LogP contribution is 2.46. The smallest absolute Gasteiger partial charge is 0.164 e. The summed E-state index contributed by atoms with van der Waals surface area (Å²) in [5.41, 5.74) is 7.87. The minimum absolute atomic E-state index is 0.0437. The Labute approximate surface area is 378 Å². The van der Waals surface area contributed by atoms with E-state index in [9.17, 15) is 6.85 Å². The second kappa shape index (κ2) is 14.4. The summed E-state index contributed by atoms with van der Waals surface area (Å²) in [5.74, 6) is 0.688. The van der Waals surface area contributed by atoms with Crippen LogP contribution in [0.25, 0.3) is 130 Å². The van der Waals surface area contributed by atoms with E-state index in [1.165, 1.54) is 0 Å². The second-order valence-corrected chi connectivity index (χ2v) is 17.5. The average molecular weight is 846 g/mol. The molecular weight excluding hydrogens is 807 g/mol. The minimum Gasteiger partial charge on any atom is -0.456 e. The van der Waals surface area contributed by atoms with E-state index in [2.05, 4.69) is 30.3 Å². The summed E-state index contributed by atoms with van der Waals surface area (Å²) in [4.78, 5) is 15.2. The normalized spacial score (nSPS) is 13.1. The van der Waals surface area contributed by atoms with Gasteiger partial charge in [0, 0.05) is 67.8 Å². The summed E-state index contributed by atoms with van der Waals surface area (Å²) in [6.45, 7) is 0. The first-order chi connectivity index (χ1) is 33.7. The Kier molecular flexibility index (Phi) is 6.93. The number of benzene rings is 9. The van der Waals surface area contributed by atoms with Gasteiger partial charge in [-0.05, 0) is 75.8 Å². The van der Waals surface area contributed by atoms with Gasteiger partial charge in [-0.1, -0.05) is 158 Å². The lowest BCUT2D eigenvalue weighted by atomic mass is 9.95. The molecule has 0 saturated carbocycles. The van der Waals surface area contributed by atoms with Crippen LogP contribution < -0.4 is 0 Å². The number of hydrogen-bond acceptors (Lipinski definition) is 6. The van der Waals surface area contributed by atoms with Gasteiger partial charge < -0.3 is 4.42 Å². The van der Waals surface area contributed by atoms with E-state index >= 15 is 0 Å². The van der Waals surface area contributed by atoms with Crippen LogP contribution in [0.3, 0.4) is 0 Å². The molecule has 0 amide bonds. The molecule has 63 heavy (non-hydrogen) atoms. The maximum atomic E-state index is 9.93. The summed E-state index contributed by atoms with van der Waals surface area (Å²) < 4.78 is 66.2. The van der Waals surface area contributed by atoms with E-state index in [4.69, 9.17) is 20.7 Å². The van der Waals surface area contributed by atoms with Gasteiger partial charge in [0.15, 0.2) is 17.5 Å². The highest BCUT2D eigenvalue weighted by Gasteiger charge is 2.20. The molecule has 0 aliphatic carbocycles. The van der Waals surface area contributed by atoms with Crippen molar-refractivity contribution in [2.45, 2.75) is 0 Å². The van der Waals surface area contributed by atoms with Crippen LogP contribution in [0, 0.1) is 0 Å². The Morgan fingerprint density at radius 1 is 0.365 bits per heavy atom. The largest absolute Gasteiger partial charge is 0.456 e. The average Bonchev–Trinajstić information content (AvgIpc) is 4.10. The molecule has 13 rings (SSSR count). The van der Waals surface area contributed by atoms with Gasteiger partial charge in [0.2, 0.25) is 0 Å². The first kappa shape index (κ1) is 30.3. The zero-order valence-electron chi connectivity index (χ0n) is 39.2. The zero-order chi connectivity index (χ0) is 46.7. The monoisotopic (exact) mass is 845 g/mol. The van der Waals surface area contributed by atoms with E-state index in [-0.39, 0.29) is 47.6 Å². The lowest BCUT2D eigenvalue weighted by Gasteiger charge is -2.12. The first-order valence-electron chi connectivity index (χ1n) is 23.5. The third-order valence-electron chi connectivity index (χ3n) is 11.7. The maximum Gasteiger partial charge on any atom is 0.164 e. The fourth-order valence-electron chi connectivity index (χ4n) is 8.75. The number of furan rings is 1. The van der Waals surface area contributed by atoms with Gasteiger partial charge in [0.05, 0.1) is 8.22 Å². The maximum absolute atomic E-state index is 9.93. The third-order valence-corrected chi connectivity index (χ3v) is 13.9. The van der Waals surface area contributed by atoms with Crippen molar-refractivity contribution < 1.29 is 12.6 Å². The lowest BCUT2D eigenvalue weighted by Crippen LogP contribution is -2.01. The molecular formula is C57H33N3OS2. The molecule has 0 N–H and O–H groups in total. The predicted molar refractivity (Wildman–Crippen MR) is 265 cm³/mol. The molecule has 4 heterocycles. The molecule has 0 radical (unpaired) electrons. The van der Waals surface area contributed by atoms with Crippen LogP contribution >= 0.6 is 22.7 Å². The van der Waals surface area contributed by atoms with Crippen molar-refractivity contribution in [3.05, 3.63) is 200 Å². The highest BCUT2D eigenvalue weighted by atomic mass is 32.1. The van der Waals surface area contributed by atoms with E-state index in [1.54, 1.807) is 11.3 Å². The van der Waals surface area contributed by atoms with Crippen molar-refractivity contribution in [3.63, 3.8) is 0 Å². The van der Waals surface area contributed by atoms with Crippen LogP contribution in [0.4, 0.5) is 0 Å². The number of aromatic nitrogens is 3. The number of para-hydroxylation sites is 1. The molecule has 4 nitrogen and oxygen atoms in total. The van der Waals surface area contributed by atoms with Crippen molar-refractivity contribution in [3.8, 4) is 67.5 Å². The van der Waals surface area contributed by atoms with Gasteiger partial charge in [-0.2, -0.15) is 0 Å². The molecule has 294 valence electrons. The van der Waals surface area contributed by atoms with Gasteiger partial charge in [-0.25, -0.2) is 15.0 Å². The number of nitrogens with zero attached hydrogens (tertiary/aromatic N) is 3. The molecule has 0 aliphatic rings. The van der Waals surface area contributed by atoms with Crippen molar-refractivity contribution >= 4 is 85.0 Å². The van der Waals surface area contributed by atoms with Crippen molar-refractivity contribution in [1.82, 2.24) is 15.0 Å². The van der Waals surface area contributed by atoms with E-state index in [1.807, 2.05) is 133 Å². The molecule has 0 atom stereocenters. The minimum atomic E-state index is -0.267. The van der Waals surface area contributed by atoms with Crippen LogP contribution in [0.2, 0.25) is 0 Å². The topological polar surface area (TPSA) is 51.8 Å². The van der Waals surface area contributed by atoms with E-state index < -0.39 is 0 Å². The Bertz CT molecular complexity index is 4280. The third kappa shape index (κ3) is 5.98. The van der Waals surface area contributed by atoms with Gasteiger partial charge in [0.25, 0.3) is 0 Å². The second-order valence-electron chi connectivity index (χ2n) is 15.4. The fraction of sp³-hybridized carbons (Fsp3) is 0. The summed E-state index contributed by atoms with van der Waals surface area (Å²) in [7, 11) is 0. The van der Waals surface area contributed by atoms with Crippen LogP contribution in [0.5, 0.6) is 0 Å². The number of thiophene rings is 2. The summed E-state index contributed by atoms with van der Waals surface area (Å²) in [5, 5.41) is 4.68. The van der Waals surface area contributed by atoms with E-state index in [0.717, 1.165) is 75.7 Å². The molecule has 6 heteroatoms. The Morgan fingerprint density at radius 2 is 1.00 bits per heavy atom. The Morgan fingerprint density at radius 3 is 1.89 bits per heavy atom. The predicted octanol–water partition coefficient (Wildman–Crippen LogP) is 16.5. The SMILES string of the molecule is [2H]c1c([2H])c(-c2cccc3sc4ccccc4c23)c2c(sc3c([2H])c(-c4nc(-c5ccc(-c6ccccc6)cc5)nc(-c5ccccc5-c5ccc6c(c5)oc5ccccc56)n4)c([2H])c([2H])c32)c1[2H]. The molecule has 0 bridgehead atoms. The highest BCUT2D eigenvalue weighted by molar-refractivity contribution is 7.26. The quantitative estimate of drug-likeness (QED) is 0.167. The van der Waals surface area contributed by atoms with Crippen molar-refractivity contribution in [2.24, 2.45) is 0 Å². The summed E-state index contributed by atoms with van der Waals surface area (Å²) >= 11 is 2.77. The van der Waals surface area contributed by atoms with Gasteiger partial charge >= 0.3 is 0 Å². The van der Waals surface area contributed by atoms with Crippen molar-refractivity contribution in [2.75, 3.05) is 0 Å². The summed E-state index contributed by atoms with van der Waals surface area (Å²) in [6.07, 6.45) is 0. The fourth-order valence-corrected chi connectivity index (χ4v) is 10.9. The molecule has 13 aromatic rings. The molecule has 4 aromatic heterocycles. The van der Waals surface area contributed by atoms with Gasteiger partial charge in [-0.15, -0.1) is 22.7 Å². The molecule has 0 fully saturated rings.